The van der Waals surface area contributed by atoms with Gasteiger partial charge in [0.1, 0.15) is 0 Å². The molecule has 9 heteroatoms. The van der Waals surface area contributed by atoms with Gasteiger partial charge in [-0.1, -0.05) is 81.4 Å². The van der Waals surface area contributed by atoms with Gasteiger partial charge in [0.05, 0.1) is 13.7 Å². The summed E-state index contributed by atoms with van der Waals surface area (Å²) in [5.41, 5.74) is -4.97. The first-order valence-corrected chi connectivity index (χ1v) is 13.1. The standard InChI is InChI=1S/C26H28O8Si/c1-24(2,3)35(18-11-7-5-8-12-18,19-13-9-6-10-14-19)32-17-20-26(30,23(29)31-4)25(22(28)33-20)16-15-21(27)34-25/h5-16,20,30H,17H2,1-4H3/t20-,25+,26+/m1/s1. The minimum atomic E-state index is -3.09. The Hall–Kier alpha value is -3.27. The summed E-state index contributed by atoms with van der Waals surface area (Å²) in [6.45, 7) is 5.86. The molecule has 0 amide bonds. The zero-order valence-corrected chi connectivity index (χ0v) is 21.0. The SMILES string of the molecule is COC(=O)[C@@]1(O)[C@@H](CO[Si](c2ccccc2)(c2ccccc2)C(C)(C)C)OC(=O)[C@@]12C=CC(=O)O2. The van der Waals surface area contributed by atoms with Gasteiger partial charge in [-0.15, -0.1) is 0 Å². The topological polar surface area (TPSA) is 108 Å². The van der Waals surface area contributed by atoms with E-state index in [0.29, 0.717) is 0 Å². The lowest BCUT2D eigenvalue weighted by molar-refractivity contribution is -0.194. The van der Waals surface area contributed by atoms with Crippen molar-refractivity contribution in [2.45, 2.75) is 43.1 Å². The van der Waals surface area contributed by atoms with Crippen molar-refractivity contribution in [2.75, 3.05) is 13.7 Å². The van der Waals surface area contributed by atoms with E-state index in [4.69, 9.17) is 18.6 Å². The highest BCUT2D eigenvalue weighted by Crippen LogP contribution is 2.45. The molecule has 3 atom stereocenters. The molecule has 8 nitrogen and oxygen atoms in total. The molecule has 1 N–H and O–H groups in total. The molecule has 1 fully saturated rings. The van der Waals surface area contributed by atoms with Gasteiger partial charge >= 0.3 is 17.9 Å². The van der Waals surface area contributed by atoms with Gasteiger partial charge in [-0.2, -0.15) is 0 Å². The zero-order chi connectivity index (χ0) is 25.5. The Balaban J connectivity index is 1.81. The summed E-state index contributed by atoms with van der Waals surface area (Å²) in [5, 5.41) is 13.1. The molecule has 0 unspecified atom stereocenters. The summed E-state index contributed by atoms with van der Waals surface area (Å²) < 4.78 is 22.1. The van der Waals surface area contributed by atoms with E-state index in [-0.39, 0.29) is 6.61 Å². The van der Waals surface area contributed by atoms with Crippen molar-refractivity contribution in [1.82, 2.24) is 0 Å². The Morgan fingerprint density at radius 3 is 2.00 bits per heavy atom. The Kier molecular flexibility index (Phi) is 6.21. The third-order valence-corrected chi connectivity index (χ3v) is 11.7. The molecule has 2 aromatic rings. The normalized spacial score (nSPS) is 26.0. The molecular weight excluding hydrogens is 468 g/mol. The van der Waals surface area contributed by atoms with Crippen molar-refractivity contribution in [1.29, 1.82) is 0 Å². The van der Waals surface area contributed by atoms with Crippen LogP contribution in [0.4, 0.5) is 0 Å². The monoisotopic (exact) mass is 496 g/mol. The second-order valence-corrected chi connectivity index (χ2v) is 13.9. The average Bonchev–Trinajstić information content (AvgIpc) is 3.34. The maximum Gasteiger partial charge on any atom is 0.359 e. The number of cyclic esters (lactones) is 1. The predicted octanol–water partition coefficient (Wildman–Crippen LogP) is 1.24. The first kappa shape index (κ1) is 24.8. The van der Waals surface area contributed by atoms with E-state index >= 15 is 0 Å². The van der Waals surface area contributed by atoms with Crippen LogP contribution in [-0.2, 0) is 33.0 Å². The molecule has 4 rings (SSSR count). The second kappa shape index (κ2) is 8.74. The minimum absolute atomic E-state index is 0.336. The number of methoxy groups -OCH3 is 1. The molecule has 0 aromatic heterocycles. The van der Waals surface area contributed by atoms with Gasteiger partial charge in [-0.3, -0.25) is 0 Å². The number of aliphatic hydroxyl groups is 1. The van der Waals surface area contributed by atoms with Crippen LogP contribution >= 0.6 is 0 Å². The molecule has 1 spiro atoms. The van der Waals surface area contributed by atoms with Crippen LogP contribution in [0.5, 0.6) is 0 Å². The maximum absolute atomic E-state index is 12.9. The number of esters is 3. The highest BCUT2D eigenvalue weighted by Gasteiger charge is 2.76. The second-order valence-electron chi connectivity index (χ2n) is 9.62. The van der Waals surface area contributed by atoms with Gasteiger partial charge in [0.15, 0.2) is 6.10 Å². The van der Waals surface area contributed by atoms with Crippen molar-refractivity contribution in [3.05, 3.63) is 72.8 Å². The number of ether oxygens (including phenoxy) is 3. The molecule has 0 saturated carbocycles. The maximum atomic E-state index is 12.9. The molecule has 184 valence electrons. The third-order valence-electron chi connectivity index (χ3n) is 6.67. The fourth-order valence-corrected chi connectivity index (χ4v) is 9.54. The van der Waals surface area contributed by atoms with E-state index in [1.807, 2.05) is 60.7 Å². The van der Waals surface area contributed by atoms with Crippen molar-refractivity contribution < 1.29 is 38.1 Å². The van der Waals surface area contributed by atoms with Crippen LogP contribution in [0.3, 0.4) is 0 Å². The Morgan fingerprint density at radius 1 is 1.03 bits per heavy atom. The van der Waals surface area contributed by atoms with Gasteiger partial charge in [-0.25, -0.2) is 14.4 Å². The fourth-order valence-electron chi connectivity index (χ4n) is 4.98. The number of carbonyl (C=O) groups is 3. The Bertz CT molecular complexity index is 1120. The van der Waals surface area contributed by atoms with E-state index in [0.717, 1.165) is 29.6 Å². The number of benzene rings is 2. The van der Waals surface area contributed by atoms with Gasteiger partial charge < -0.3 is 23.7 Å². The summed E-state index contributed by atoms with van der Waals surface area (Å²) in [4.78, 5) is 37.6. The molecule has 2 aliphatic heterocycles. The molecule has 0 bridgehead atoms. The summed E-state index contributed by atoms with van der Waals surface area (Å²) in [7, 11) is -2.02. The van der Waals surface area contributed by atoms with Crippen LogP contribution in [-0.4, -0.2) is 62.4 Å². The van der Waals surface area contributed by atoms with Crippen molar-refractivity contribution >= 4 is 36.6 Å². The van der Waals surface area contributed by atoms with Crippen LogP contribution in [0.15, 0.2) is 72.8 Å². The van der Waals surface area contributed by atoms with Crippen LogP contribution in [0, 0.1) is 0 Å². The number of carbonyl (C=O) groups excluding carboxylic acids is 3. The van der Waals surface area contributed by atoms with Crippen molar-refractivity contribution in [3.63, 3.8) is 0 Å². The predicted molar refractivity (Wildman–Crippen MR) is 128 cm³/mol. The molecule has 35 heavy (non-hydrogen) atoms. The smallest absolute Gasteiger partial charge is 0.359 e. The first-order chi connectivity index (χ1) is 16.5. The minimum Gasteiger partial charge on any atom is -0.467 e. The van der Waals surface area contributed by atoms with Crippen molar-refractivity contribution in [2.24, 2.45) is 0 Å². The van der Waals surface area contributed by atoms with Crippen LogP contribution in [0.1, 0.15) is 20.8 Å². The summed E-state index contributed by atoms with van der Waals surface area (Å²) in [5.74, 6) is -3.11. The Morgan fingerprint density at radius 2 is 1.57 bits per heavy atom. The van der Waals surface area contributed by atoms with E-state index in [9.17, 15) is 19.5 Å². The molecule has 0 aliphatic carbocycles. The average molecular weight is 497 g/mol. The van der Waals surface area contributed by atoms with Crippen LogP contribution in [0.25, 0.3) is 0 Å². The highest BCUT2D eigenvalue weighted by atomic mass is 28.4. The molecule has 2 aromatic carbocycles. The zero-order valence-electron chi connectivity index (χ0n) is 20.0. The molecule has 0 radical (unpaired) electrons. The molecule has 1 saturated heterocycles. The van der Waals surface area contributed by atoms with E-state index in [1.165, 1.54) is 0 Å². The summed E-state index contributed by atoms with van der Waals surface area (Å²) in [6, 6.07) is 19.5. The molecule has 2 aliphatic rings. The number of hydrogen-bond donors (Lipinski definition) is 1. The van der Waals surface area contributed by atoms with E-state index < -0.39 is 48.6 Å². The first-order valence-electron chi connectivity index (χ1n) is 11.2. The van der Waals surface area contributed by atoms with Crippen LogP contribution < -0.4 is 10.4 Å². The van der Waals surface area contributed by atoms with E-state index in [2.05, 4.69) is 20.8 Å². The fraction of sp³-hybridized carbons (Fsp3) is 0.346. The lowest BCUT2D eigenvalue weighted by Gasteiger charge is -2.44. The Labute approximate surface area is 204 Å². The number of rotatable bonds is 6. The lowest BCUT2D eigenvalue weighted by atomic mass is 9.81. The largest absolute Gasteiger partial charge is 0.467 e. The van der Waals surface area contributed by atoms with Gasteiger partial charge in [0, 0.05) is 6.08 Å². The molecule has 2 heterocycles. The highest BCUT2D eigenvalue weighted by molar-refractivity contribution is 6.99. The lowest BCUT2D eigenvalue weighted by Crippen LogP contribution is -2.69. The third kappa shape index (κ3) is 3.62. The van der Waals surface area contributed by atoms with Gasteiger partial charge in [-0.05, 0) is 21.5 Å². The summed E-state index contributed by atoms with van der Waals surface area (Å²) in [6.07, 6.45) is 0.525. The molecular formula is C26H28O8Si. The van der Waals surface area contributed by atoms with Gasteiger partial charge in [0.2, 0.25) is 0 Å². The summed E-state index contributed by atoms with van der Waals surface area (Å²) >= 11 is 0. The number of hydrogen-bond acceptors (Lipinski definition) is 8. The quantitative estimate of drug-likeness (QED) is 0.362. The van der Waals surface area contributed by atoms with E-state index in [1.54, 1.807) is 0 Å². The van der Waals surface area contributed by atoms with Crippen molar-refractivity contribution in [3.8, 4) is 0 Å². The van der Waals surface area contributed by atoms with Gasteiger partial charge in [0.25, 0.3) is 19.5 Å². The van der Waals surface area contributed by atoms with Crippen LogP contribution in [0.2, 0.25) is 5.04 Å².